The lowest BCUT2D eigenvalue weighted by molar-refractivity contribution is -0.149. The SMILES string of the molecule is CN1C(=O)NC(=O)C1OC(C)(C)C. The van der Waals surface area contributed by atoms with Gasteiger partial charge in [0.25, 0.3) is 5.91 Å². The van der Waals surface area contributed by atoms with Crippen LogP contribution in [0, 0.1) is 0 Å². The molecule has 74 valence electrons. The van der Waals surface area contributed by atoms with Crippen molar-refractivity contribution in [3.05, 3.63) is 0 Å². The number of rotatable bonds is 1. The number of nitrogens with zero attached hydrogens (tertiary/aromatic N) is 1. The third-order valence-corrected chi connectivity index (χ3v) is 1.59. The second-order valence-corrected chi connectivity index (χ2v) is 3.99. The van der Waals surface area contributed by atoms with Gasteiger partial charge in [-0.15, -0.1) is 0 Å². The molecule has 0 aromatic heterocycles. The van der Waals surface area contributed by atoms with Crippen LogP contribution in [0.15, 0.2) is 0 Å². The Hall–Kier alpha value is -1.10. The van der Waals surface area contributed by atoms with E-state index in [0.29, 0.717) is 0 Å². The largest absolute Gasteiger partial charge is 0.343 e. The number of hydrogen-bond acceptors (Lipinski definition) is 3. The van der Waals surface area contributed by atoms with E-state index >= 15 is 0 Å². The molecule has 1 heterocycles. The first-order valence-electron chi connectivity index (χ1n) is 4.07. The first kappa shape index (κ1) is 9.98. The third-order valence-electron chi connectivity index (χ3n) is 1.59. The van der Waals surface area contributed by atoms with Gasteiger partial charge < -0.3 is 4.74 Å². The Labute approximate surface area is 77.0 Å². The molecule has 3 amide bonds. The standard InChI is InChI=1S/C8H14N2O3/c1-8(2,3)13-6-5(11)9-7(12)10(6)4/h6H,1-4H3,(H,9,11,12). The fraction of sp³-hybridized carbons (Fsp3) is 0.750. The summed E-state index contributed by atoms with van der Waals surface area (Å²) in [5.41, 5.74) is -0.444. The molecule has 1 atom stereocenters. The lowest BCUT2D eigenvalue weighted by Crippen LogP contribution is -2.39. The van der Waals surface area contributed by atoms with Crippen LogP contribution in [0.25, 0.3) is 0 Å². The monoisotopic (exact) mass is 186 g/mol. The Morgan fingerprint density at radius 2 is 1.92 bits per heavy atom. The molecule has 0 bridgehead atoms. The lowest BCUT2D eigenvalue weighted by Gasteiger charge is -2.26. The first-order valence-corrected chi connectivity index (χ1v) is 4.07. The summed E-state index contributed by atoms with van der Waals surface area (Å²) in [6.07, 6.45) is -0.799. The van der Waals surface area contributed by atoms with Crippen LogP contribution in [0.2, 0.25) is 0 Å². The fourth-order valence-corrected chi connectivity index (χ4v) is 1.01. The number of amides is 3. The van der Waals surface area contributed by atoms with Gasteiger partial charge in [-0.3, -0.25) is 15.0 Å². The number of carbonyl (C=O) groups is 2. The number of nitrogens with one attached hydrogen (secondary N) is 1. The molecule has 0 aliphatic carbocycles. The van der Waals surface area contributed by atoms with Crippen LogP contribution in [-0.4, -0.2) is 35.7 Å². The maximum Gasteiger partial charge on any atom is 0.326 e. The molecule has 1 aliphatic heterocycles. The van der Waals surface area contributed by atoms with Gasteiger partial charge in [-0.25, -0.2) is 4.79 Å². The number of imide groups is 1. The van der Waals surface area contributed by atoms with Gasteiger partial charge in [0.1, 0.15) is 0 Å². The van der Waals surface area contributed by atoms with Crippen molar-refractivity contribution in [2.45, 2.75) is 32.6 Å². The van der Waals surface area contributed by atoms with Crippen molar-refractivity contribution < 1.29 is 14.3 Å². The second-order valence-electron chi connectivity index (χ2n) is 3.99. The normalized spacial score (nSPS) is 23.7. The van der Waals surface area contributed by atoms with Gasteiger partial charge in [0.15, 0.2) is 0 Å². The highest BCUT2D eigenvalue weighted by molar-refractivity contribution is 6.03. The summed E-state index contributed by atoms with van der Waals surface area (Å²) < 4.78 is 5.39. The summed E-state index contributed by atoms with van der Waals surface area (Å²) in [6.45, 7) is 5.49. The van der Waals surface area contributed by atoms with Crippen molar-refractivity contribution in [2.24, 2.45) is 0 Å². The van der Waals surface area contributed by atoms with E-state index in [1.165, 1.54) is 11.9 Å². The number of likely N-dealkylation sites (N-methyl/N-ethyl adjacent to an activating group) is 1. The number of urea groups is 1. The average Bonchev–Trinajstić information content (AvgIpc) is 2.14. The molecule has 0 saturated carbocycles. The molecule has 1 saturated heterocycles. The molecule has 1 N–H and O–H groups in total. The van der Waals surface area contributed by atoms with Crippen LogP contribution >= 0.6 is 0 Å². The Bertz CT molecular complexity index is 244. The van der Waals surface area contributed by atoms with Gasteiger partial charge >= 0.3 is 6.03 Å². The molecule has 1 rings (SSSR count). The molecule has 0 spiro atoms. The predicted octanol–water partition coefficient (Wildman–Crippen LogP) is 0.309. The summed E-state index contributed by atoms with van der Waals surface area (Å²) in [4.78, 5) is 23.4. The molecule has 1 fully saturated rings. The van der Waals surface area contributed by atoms with Crippen LogP contribution in [0.4, 0.5) is 4.79 Å². The zero-order valence-electron chi connectivity index (χ0n) is 8.25. The van der Waals surface area contributed by atoms with E-state index in [1.54, 1.807) is 0 Å². The zero-order valence-corrected chi connectivity index (χ0v) is 8.25. The maximum absolute atomic E-state index is 11.2. The van der Waals surface area contributed by atoms with Gasteiger partial charge in [0, 0.05) is 7.05 Å². The highest BCUT2D eigenvalue weighted by Crippen LogP contribution is 2.16. The zero-order chi connectivity index (χ0) is 10.2. The smallest absolute Gasteiger partial charge is 0.326 e. The molecule has 1 aliphatic rings. The van der Waals surface area contributed by atoms with Crippen molar-refractivity contribution in [3.8, 4) is 0 Å². The molecular formula is C8H14N2O3. The molecule has 5 nitrogen and oxygen atoms in total. The van der Waals surface area contributed by atoms with E-state index in [9.17, 15) is 9.59 Å². The van der Waals surface area contributed by atoms with Gasteiger partial charge in [-0.2, -0.15) is 0 Å². The Morgan fingerprint density at radius 3 is 2.23 bits per heavy atom. The molecular weight excluding hydrogens is 172 g/mol. The highest BCUT2D eigenvalue weighted by atomic mass is 16.5. The van der Waals surface area contributed by atoms with Crippen LogP contribution in [0.1, 0.15) is 20.8 Å². The molecule has 0 radical (unpaired) electrons. The lowest BCUT2D eigenvalue weighted by atomic mass is 10.2. The topological polar surface area (TPSA) is 58.6 Å². The molecule has 1 unspecified atom stereocenters. The highest BCUT2D eigenvalue weighted by Gasteiger charge is 2.38. The van der Waals surface area contributed by atoms with Crippen LogP contribution in [0.3, 0.4) is 0 Å². The van der Waals surface area contributed by atoms with Gasteiger partial charge in [0.2, 0.25) is 6.23 Å². The average molecular weight is 186 g/mol. The van der Waals surface area contributed by atoms with Crippen LogP contribution in [-0.2, 0) is 9.53 Å². The van der Waals surface area contributed by atoms with E-state index in [1.807, 2.05) is 20.8 Å². The van der Waals surface area contributed by atoms with E-state index in [4.69, 9.17) is 4.74 Å². The number of carbonyl (C=O) groups excluding carboxylic acids is 2. The minimum atomic E-state index is -0.799. The van der Waals surface area contributed by atoms with Crippen molar-refractivity contribution in [2.75, 3.05) is 7.05 Å². The predicted molar refractivity (Wildman–Crippen MR) is 45.9 cm³/mol. The van der Waals surface area contributed by atoms with Crippen molar-refractivity contribution in [1.82, 2.24) is 10.2 Å². The molecule has 13 heavy (non-hydrogen) atoms. The van der Waals surface area contributed by atoms with Crippen molar-refractivity contribution in [1.29, 1.82) is 0 Å². The summed E-state index contributed by atoms with van der Waals surface area (Å²) in [7, 11) is 1.52. The van der Waals surface area contributed by atoms with E-state index in [-0.39, 0.29) is 0 Å². The molecule has 0 aromatic rings. The van der Waals surface area contributed by atoms with Crippen LogP contribution < -0.4 is 5.32 Å². The first-order chi connectivity index (χ1) is 5.81. The van der Waals surface area contributed by atoms with E-state index in [2.05, 4.69) is 5.32 Å². The van der Waals surface area contributed by atoms with E-state index in [0.717, 1.165) is 0 Å². The quantitative estimate of drug-likeness (QED) is 0.599. The molecule has 0 aromatic carbocycles. The van der Waals surface area contributed by atoms with Crippen molar-refractivity contribution in [3.63, 3.8) is 0 Å². The Morgan fingerprint density at radius 1 is 1.38 bits per heavy atom. The summed E-state index contributed by atoms with van der Waals surface area (Å²) in [5, 5.41) is 2.16. The summed E-state index contributed by atoms with van der Waals surface area (Å²) >= 11 is 0. The number of ether oxygens (including phenoxy) is 1. The van der Waals surface area contributed by atoms with Gasteiger partial charge in [0.05, 0.1) is 5.60 Å². The van der Waals surface area contributed by atoms with E-state index < -0.39 is 23.8 Å². The second kappa shape index (κ2) is 2.99. The minimum absolute atomic E-state index is 0.401. The maximum atomic E-state index is 11.2. The Balaban J connectivity index is 2.70. The summed E-state index contributed by atoms with van der Waals surface area (Å²) in [6, 6.07) is -0.417. The van der Waals surface area contributed by atoms with Crippen molar-refractivity contribution >= 4 is 11.9 Å². The molecule has 5 heteroatoms. The Kier molecular flexibility index (Phi) is 2.30. The number of hydrogen-bond donors (Lipinski definition) is 1. The van der Waals surface area contributed by atoms with Crippen LogP contribution in [0.5, 0.6) is 0 Å². The fourth-order valence-electron chi connectivity index (χ4n) is 1.01. The minimum Gasteiger partial charge on any atom is -0.343 e. The summed E-state index contributed by atoms with van der Waals surface area (Å²) in [5.74, 6) is -0.401. The van der Waals surface area contributed by atoms with Gasteiger partial charge in [-0.05, 0) is 20.8 Å². The van der Waals surface area contributed by atoms with Gasteiger partial charge in [-0.1, -0.05) is 0 Å². The third kappa shape index (κ3) is 2.18.